The molecule has 1 aliphatic heterocycles. The number of amides is 2. The third-order valence-corrected chi connectivity index (χ3v) is 5.06. The first-order chi connectivity index (χ1) is 14.5. The largest absolute Gasteiger partial charge is 0.493 e. The van der Waals surface area contributed by atoms with E-state index in [1.54, 1.807) is 47.1 Å². The van der Waals surface area contributed by atoms with Gasteiger partial charge in [-0.3, -0.25) is 4.79 Å². The van der Waals surface area contributed by atoms with Gasteiger partial charge in [0.1, 0.15) is 6.61 Å². The van der Waals surface area contributed by atoms with Gasteiger partial charge in [-0.2, -0.15) is 0 Å². The Morgan fingerprint density at radius 3 is 2.27 bits per heavy atom. The molecular formula is C22H25ClN2O5. The molecule has 30 heavy (non-hydrogen) atoms. The maximum atomic E-state index is 12.9. The van der Waals surface area contributed by atoms with Crippen molar-refractivity contribution in [2.24, 2.45) is 0 Å². The molecule has 0 bridgehead atoms. The summed E-state index contributed by atoms with van der Waals surface area (Å²) in [5, 5.41) is 0.669. The van der Waals surface area contributed by atoms with Crippen molar-refractivity contribution in [1.29, 1.82) is 0 Å². The third-order valence-electron chi connectivity index (χ3n) is 4.81. The number of methoxy groups -OCH3 is 1. The van der Waals surface area contributed by atoms with E-state index in [2.05, 4.69) is 0 Å². The molecule has 0 saturated carbocycles. The van der Waals surface area contributed by atoms with Crippen molar-refractivity contribution in [3.05, 3.63) is 58.6 Å². The molecule has 3 rings (SSSR count). The molecule has 160 valence electrons. The normalized spacial score (nSPS) is 13.7. The van der Waals surface area contributed by atoms with Crippen LogP contribution in [0.4, 0.5) is 4.79 Å². The van der Waals surface area contributed by atoms with Gasteiger partial charge in [0.15, 0.2) is 11.5 Å². The average Bonchev–Trinajstić information content (AvgIpc) is 2.78. The smallest absolute Gasteiger partial charge is 0.409 e. The number of ether oxygens (including phenoxy) is 3. The number of halogens is 1. The van der Waals surface area contributed by atoms with E-state index in [-0.39, 0.29) is 12.0 Å². The minimum Gasteiger partial charge on any atom is -0.493 e. The van der Waals surface area contributed by atoms with Crippen LogP contribution in [0.15, 0.2) is 42.5 Å². The number of hydrogen-bond donors (Lipinski definition) is 0. The molecule has 0 N–H and O–H groups in total. The van der Waals surface area contributed by atoms with Gasteiger partial charge < -0.3 is 24.0 Å². The second-order valence-corrected chi connectivity index (χ2v) is 7.20. The SMILES string of the molecule is CCOC(=O)N1CCN(C(=O)c2ccc(OCc3ccc(Cl)cc3)c(OC)c2)CC1. The van der Waals surface area contributed by atoms with Crippen LogP contribution < -0.4 is 9.47 Å². The second kappa shape index (κ2) is 10.2. The van der Waals surface area contributed by atoms with Gasteiger partial charge in [0.25, 0.3) is 5.91 Å². The molecule has 1 aliphatic rings. The highest BCUT2D eigenvalue weighted by Gasteiger charge is 2.26. The molecule has 2 aromatic rings. The fourth-order valence-corrected chi connectivity index (χ4v) is 3.28. The lowest BCUT2D eigenvalue weighted by Crippen LogP contribution is -2.50. The number of hydrogen-bond acceptors (Lipinski definition) is 5. The fraction of sp³-hybridized carbons (Fsp3) is 0.364. The summed E-state index contributed by atoms with van der Waals surface area (Å²) in [7, 11) is 1.54. The van der Waals surface area contributed by atoms with Crippen molar-refractivity contribution in [1.82, 2.24) is 9.80 Å². The Balaban J connectivity index is 1.62. The summed E-state index contributed by atoms with van der Waals surface area (Å²) in [4.78, 5) is 28.0. The summed E-state index contributed by atoms with van der Waals surface area (Å²) in [6.07, 6.45) is -0.339. The number of rotatable bonds is 6. The summed E-state index contributed by atoms with van der Waals surface area (Å²) < 4.78 is 16.3. The molecule has 2 amide bonds. The topological polar surface area (TPSA) is 68.3 Å². The minimum atomic E-state index is -0.339. The van der Waals surface area contributed by atoms with E-state index in [1.807, 2.05) is 12.1 Å². The predicted octanol–water partition coefficient (Wildman–Crippen LogP) is 3.84. The van der Waals surface area contributed by atoms with Crippen LogP contribution in [0, 0.1) is 0 Å². The Labute approximate surface area is 181 Å². The first kappa shape index (κ1) is 21.8. The van der Waals surface area contributed by atoms with Gasteiger partial charge in [-0.05, 0) is 42.8 Å². The molecule has 7 nitrogen and oxygen atoms in total. The Kier molecular flexibility index (Phi) is 7.41. The predicted molar refractivity (Wildman–Crippen MR) is 113 cm³/mol. The maximum absolute atomic E-state index is 12.9. The first-order valence-electron chi connectivity index (χ1n) is 9.78. The van der Waals surface area contributed by atoms with Crippen LogP contribution in [0.25, 0.3) is 0 Å². The Morgan fingerprint density at radius 2 is 1.63 bits per heavy atom. The van der Waals surface area contributed by atoms with E-state index in [0.717, 1.165) is 5.56 Å². The number of nitrogens with zero attached hydrogens (tertiary/aromatic N) is 2. The van der Waals surface area contributed by atoms with E-state index in [9.17, 15) is 9.59 Å². The molecule has 0 unspecified atom stereocenters. The Hall–Kier alpha value is -2.93. The van der Waals surface area contributed by atoms with E-state index in [0.29, 0.717) is 61.5 Å². The molecular weight excluding hydrogens is 408 g/mol. The molecule has 0 radical (unpaired) electrons. The standard InChI is InChI=1S/C22H25ClN2O5/c1-3-29-22(27)25-12-10-24(11-13-25)21(26)17-6-9-19(20(14-17)28-2)30-15-16-4-7-18(23)8-5-16/h4-9,14H,3,10-13,15H2,1-2H3. The second-order valence-electron chi connectivity index (χ2n) is 6.76. The molecule has 1 saturated heterocycles. The van der Waals surface area contributed by atoms with Crippen molar-refractivity contribution in [3.8, 4) is 11.5 Å². The third kappa shape index (κ3) is 5.36. The van der Waals surface area contributed by atoms with Crippen molar-refractivity contribution in [2.45, 2.75) is 13.5 Å². The lowest BCUT2D eigenvalue weighted by atomic mass is 10.1. The molecule has 0 aromatic heterocycles. The first-order valence-corrected chi connectivity index (χ1v) is 10.2. The summed E-state index contributed by atoms with van der Waals surface area (Å²) in [5.74, 6) is 0.928. The van der Waals surface area contributed by atoms with E-state index in [4.69, 9.17) is 25.8 Å². The van der Waals surface area contributed by atoms with Crippen LogP contribution in [0.3, 0.4) is 0 Å². The molecule has 0 aliphatic carbocycles. The molecule has 2 aromatic carbocycles. The lowest BCUT2D eigenvalue weighted by Gasteiger charge is -2.34. The zero-order chi connectivity index (χ0) is 21.5. The maximum Gasteiger partial charge on any atom is 0.409 e. The van der Waals surface area contributed by atoms with Gasteiger partial charge in [-0.25, -0.2) is 4.79 Å². The number of carbonyl (C=O) groups excluding carboxylic acids is 2. The van der Waals surface area contributed by atoms with E-state index < -0.39 is 0 Å². The zero-order valence-electron chi connectivity index (χ0n) is 17.1. The molecule has 0 atom stereocenters. The molecule has 0 spiro atoms. The van der Waals surface area contributed by atoms with Crippen molar-refractivity contribution in [2.75, 3.05) is 39.9 Å². The monoisotopic (exact) mass is 432 g/mol. The van der Waals surface area contributed by atoms with Crippen LogP contribution in [0.5, 0.6) is 11.5 Å². The number of piperazine rings is 1. The summed E-state index contributed by atoms with van der Waals surface area (Å²) >= 11 is 5.90. The van der Waals surface area contributed by atoms with Crippen LogP contribution in [-0.4, -0.2) is 61.7 Å². The lowest BCUT2D eigenvalue weighted by molar-refractivity contribution is 0.0570. The van der Waals surface area contributed by atoms with Gasteiger partial charge in [-0.15, -0.1) is 0 Å². The number of benzene rings is 2. The Morgan fingerprint density at radius 1 is 0.967 bits per heavy atom. The van der Waals surface area contributed by atoms with Crippen LogP contribution in [-0.2, 0) is 11.3 Å². The summed E-state index contributed by atoms with van der Waals surface area (Å²) in [6, 6.07) is 12.5. The number of carbonyl (C=O) groups is 2. The summed E-state index contributed by atoms with van der Waals surface area (Å²) in [6.45, 7) is 4.27. The van der Waals surface area contributed by atoms with Crippen LogP contribution in [0.1, 0.15) is 22.8 Å². The highest BCUT2D eigenvalue weighted by atomic mass is 35.5. The quantitative estimate of drug-likeness (QED) is 0.693. The molecule has 1 heterocycles. The zero-order valence-corrected chi connectivity index (χ0v) is 17.9. The van der Waals surface area contributed by atoms with Crippen molar-refractivity contribution < 1.29 is 23.8 Å². The van der Waals surface area contributed by atoms with Gasteiger partial charge in [0, 0.05) is 36.8 Å². The fourth-order valence-electron chi connectivity index (χ4n) is 3.15. The van der Waals surface area contributed by atoms with Crippen molar-refractivity contribution >= 4 is 23.6 Å². The highest BCUT2D eigenvalue weighted by molar-refractivity contribution is 6.30. The van der Waals surface area contributed by atoms with Gasteiger partial charge in [0.2, 0.25) is 0 Å². The average molecular weight is 433 g/mol. The van der Waals surface area contributed by atoms with Crippen LogP contribution in [0.2, 0.25) is 5.02 Å². The molecule has 8 heteroatoms. The van der Waals surface area contributed by atoms with E-state index in [1.165, 1.54) is 7.11 Å². The summed E-state index contributed by atoms with van der Waals surface area (Å²) in [5.41, 5.74) is 1.48. The van der Waals surface area contributed by atoms with Crippen molar-refractivity contribution in [3.63, 3.8) is 0 Å². The molecule has 1 fully saturated rings. The Bertz CT molecular complexity index is 880. The van der Waals surface area contributed by atoms with Gasteiger partial charge in [-0.1, -0.05) is 23.7 Å². The highest BCUT2D eigenvalue weighted by Crippen LogP contribution is 2.29. The van der Waals surface area contributed by atoms with Crippen LogP contribution >= 0.6 is 11.6 Å². The minimum absolute atomic E-state index is 0.110. The van der Waals surface area contributed by atoms with Gasteiger partial charge in [0.05, 0.1) is 13.7 Å². The van der Waals surface area contributed by atoms with Gasteiger partial charge >= 0.3 is 6.09 Å². The van der Waals surface area contributed by atoms with E-state index >= 15 is 0 Å².